The lowest BCUT2D eigenvalue weighted by molar-refractivity contribution is 0.0827. The molecule has 20 heavy (non-hydrogen) atoms. The Bertz CT molecular complexity index is 642. The molecule has 2 N–H and O–H groups in total. The first-order valence-electron chi connectivity index (χ1n) is 6.02. The Morgan fingerprint density at radius 3 is 2.45 bits per heavy atom. The van der Waals surface area contributed by atoms with Gasteiger partial charge in [0.05, 0.1) is 5.69 Å². The van der Waals surface area contributed by atoms with Crippen molar-refractivity contribution in [3.8, 4) is 11.5 Å². The molecule has 0 aliphatic heterocycles. The molecule has 0 fully saturated rings. The SMILES string of the molecule is CN(C)C(=O)c1ccc(Oc2ccccc2F)c(N)c1. The zero-order valence-corrected chi connectivity index (χ0v) is 11.3. The molecule has 0 aromatic heterocycles. The second-order valence-corrected chi connectivity index (χ2v) is 4.48. The van der Waals surface area contributed by atoms with Crippen molar-refractivity contribution in [2.75, 3.05) is 19.8 Å². The minimum Gasteiger partial charge on any atom is -0.452 e. The molecular weight excluding hydrogens is 259 g/mol. The van der Waals surface area contributed by atoms with Gasteiger partial charge in [-0.25, -0.2) is 4.39 Å². The van der Waals surface area contributed by atoms with E-state index < -0.39 is 5.82 Å². The lowest BCUT2D eigenvalue weighted by Crippen LogP contribution is -2.21. The topological polar surface area (TPSA) is 55.6 Å². The van der Waals surface area contributed by atoms with Crippen molar-refractivity contribution in [1.82, 2.24) is 4.90 Å². The van der Waals surface area contributed by atoms with E-state index in [0.29, 0.717) is 11.3 Å². The van der Waals surface area contributed by atoms with E-state index in [2.05, 4.69) is 0 Å². The summed E-state index contributed by atoms with van der Waals surface area (Å²) in [5, 5.41) is 0. The molecule has 2 aromatic carbocycles. The van der Waals surface area contributed by atoms with Gasteiger partial charge in [0.1, 0.15) is 0 Å². The molecule has 4 nitrogen and oxygen atoms in total. The Morgan fingerprint density at radius 1 is 1.15 bits per heavy atom. The summed E-state index contributed by atoms with van der Waals surface area (Å²) in [6.07, 6.45) is 0. The van der Waals surface area contributed by atoms with Crippen LogP contribution < -0.4 is 10.5 Å². The Labute approximate surface area is 116 Å². The van der Waals surface area contributed by atoms with E-state index in [1.54, 1.807) is 38.4 Å². The number of para-hydroxylation sites is 1. The number of carbonyl (C=O) groups excluding carboxylic acids is 1. The standard InChI is InChI=1S/C15H15FN2O2/c1-18(2)15(19)10-7-8-14(12(17)9-10)20-13-6-4-3-5-11(13)16/h3-9H,17H2,1-2H3. The van der Waals surface area contributed by atoms with Crippen LogP contribution in [-0.4, -0.2) is 24.9 Å². The molecule has 2 rings (SSSR count). The summed E-state index contributed by atoms with van der Waals surface area (Å²) in [7, 11) is 3.31. The smallest absolute Gasteiger partial charge is 0.253 e. The molecule has 0 aliphatic carbocycles. The molecule has 0 atom stereocenters. The summed E-state index contributed by atoms with van der Waals surface area (Å²) in [4.78, 5) is 13.2. The zero-order valence-electron chi connectivity index (χ0n) is 11.3. The van der Waals surface area contributed by atoms with Crippen LogP contribution in [0.25, 0.3) is 0 Å². The Kier molecular flexibility index (Phi) is 3.89. The van der Waals surface area contributed by atoms with Gasteiger partial charge in [-0.2, -0.15) is 0 Å². The lowest BCUT2D eigenvalue weighted by atomic mass is 10.1. The van der Waals surface area contributed by atoms with Gasteiger partial charge in [-0.1, -0.05) is 12.1 Å². The fraction of sp³-hybridized carbons (Fsp3) is 0.133. The number of carbonyl (C=O) groups is 1. The van der Waals surface area contributed by atoms with Crippen molar-refractivity contribution in [3.05, 3.63) is 53.8 Å². The van der Waals surface area contributed by atoms with Crippen molar-refractivity contribution in [2.24, 2.45) is 0 Å². The normalized spacial score (nSPS) is 10.2. The zero-order chi connectivity index (χ0) is 14.7. The molecule has 0 heterocycles. The van der Waals surface area contributed by atoms with Gasteiger partial charge in [-0.05, 0) is 30.3 Å². The van der Waals surface area contributed by atoms with Crippen LogP contribution in [0, 0.1) is 5.82 Å². The molecule has 0 spiro atoms. The predicted octanol–water partition coefficient (Wildman–Crippen LogP) is 2.90. The molecular formula is C15H15FN2O2. The monoisotopic (exact) mass is 274 g/mol. The lowest BCUT2D eigenvalue weighted by Gasteiger charge is -2.13. The number of hydrogen-bond donors (Lipinski definition) is 1. The van der Waals surface area contributed by atoms with Gasteiger partial charge in [0.15, 0.2) is 17.3 Å². The number of halogens is 1. The minimum atomic E-state index is -0.472. The third-order valence-electron chi connectivity index (χ3n) is 2.72. The van der Waals surface area contributed by atoms with Crippen LogP contribution in [0.2, 0.25) is 0 Å². The third kappa shape index (κ3) is 2.88. The van der Waals surface area contributed by atoms with Crippen molar-refractivity contribution in [3.63, 3.8) is 0 Å². The van der Waals surface area contributed by atoms with Crippen molar-refractivity contribution in [2.45, 2.75) is 0 Å². The number of ether oxygens (including phenoxy) is 1. The number of nitrogens with zero attached hydrogens (tertiary/aromatic N) is 1. The maximum Gasteiger partial charge on any atom is 0.253 e. The largest absolute Gasteiger partial charge is 0.452 e. The Hall–Kier alpha value is -2.56. The molecule has 0 radical (unpaired) electrons. The fourth-order valence-electron chi connectivity index (χ4n) is 1.68. The van der Waals surface area contributed by atoms with E-state index in [4.69, 9.17) is 10.5 Å². The quantitative estimate of drug-likeness (QED) is 0.875. The molecule has 5 heteroatoms. The van der Waals surface area contributed by atoms with Crippen LogP contribution in [0.3, 0.4) is 0 Å². The first-order valence-corrected chi connectivity index (χ1v) is 6.02. The van der Waals surface area contributed by atoms with Crippen molar-refractivity contribution in [1.29, 1.82) is 0 Å². The number of amides is 1. The van der Waals surface area contributed by atoms with Crippen LogP contribution in [0.1, 0.15) is 10.4 Å². The highest BCUT2D eigenvalue weighted by Gasteiger charge is 2.12. The van der Waals surface area contributed by atoms with E-state index in [9.17, 15) is 9.18 Å². The fourth-order valence-corrected chi connectivity index (χ4v) is 1.68. The second kappa shape index (κ2) is 5.61. The Morgan fingerprint density at radius 2 is 1.85 bits per heavy atom. The minimum absolute atomic E-state index is 0.0888. The van der Waals surface area contributed by atoms with Gasteiger partial charge in [0.2, 0.25) is 0 Å². The average molecular weight is 274 g/mol. The molecule has 1 amide bonds. The number of nitrogens with two attached hydrogens (primary N) is 1. The van der Waals surface area contributed by atoms with Gasteiger partial charge < -0.3 is 15.4 Å². The number of rotatable bonds is 3. The molecule has 2 aromatic rings. The van der Waals surface area contributed by atoms with E-state index in [1.807, 2.05) is 0 Å². The van der Waals surface area contributed by atoms with Crippen LogP contribution in [0.15, 0.2) is 42.5 Å². The third-order valence-corrected chi connectivity index (χ3v) is 2.72. The van der Waals surface area contributed by atoms with Gasteiger partial charge in [-0.15, -0.1) is 0 Å². The van der Waals surface area contributed by atoms with E-state index in [-0.39, 0.29) is 17.3 Å². The van der Waals surface area contributed by atoms with E-state index in [1.165, 1.54) is 23.1 Å². The summed E-state index contributed by atoms with van der Waals surface area (Å²) in [6, 6.07) is 10.7. The number of anilines is 1. The number of benzene rings is 2. The van der Waals surface area contributed by atoms with Crippen molar-refractivity contribution < 1.29 is 13.9 Å². The first-order chi connectivity index (χ1) is 9.49. The summed E-state index contributed by atoms with van der Waals surface area (Å²) >= 11 is 0. The van der Waals surface area contributed by atoms with Crippen LogP contribution in [0.4, 0.5) is 10.1 Å². The molecule has 0 saturated carbocycles. The highest BCUT2D eigenvalue weighted by Crippen LogP contribution is 2.29. The summed E-state index contributed by atoms with van der Waals surface area (Å²) in [6.45, 7) is 0. The highest BCUT2D eigenvalue weighted by molar-refractivity contribution is 5.95. The van der Waals surface area contributed by atoms with E-state index >= 15 is 0 Å². The molecule has 104 valence electrons. The summed E-state index contributed by atoms with van der Waals surface area (Å²) in [5.41, 5.74) is 6.57. The first kappa shape index (κ1) is 13.9. The molecule has 0 bridgehead atoms. The van der Waals surface area contributed by atoms with Crippen molar-refractivity contribution >= 4 is 11.6 Å². The number of nitrogen functional groups attached to an aromatic ring is 1. The predicted molar refractivity (Wildman–Crippen MR) is 75.3 cm³/mol. The average Bonchev–Trinajstić information content (AvgIpc) is 2.42. The Balaban J connectivity index is 2.27. The maximum absolute atomic E-state index is 13.5. The highest BCUT2D eigenvalue weighted by atomic mass is 19.1. The van der Waals surface area contributed by atoms with Gasteiger partial charge in [-0.3, -0.25) is 4.79 Å². The van der Waals surface area contributed by atoms with Crippen LogP contribution in [0.5, 0.6) is 11.5 Å². The van der Waals surface area contributed by atoms with Crippen LogP contribution in [-0.2, 0) is 0 Å². The molecule has 0 unspecified atom stereocenters. The second-order valence-electron chi connectivity index (χ2n) is 4.48. The van der Waals surface area contributed by atoms with Gasteiger partial charge >= 0.3 is 0 Å². The van der Waals surface area contributed by atoms with Gasteiger partial charge in [0, 0.05) is 19.7 Å². The van der Waals surface area contributed by atoms with E-state index in [0.717, 1.165) is 0 Å². The molecule has 0 aliphatic rings. The van der Waals surface area contributed by atoms with Crippen LogP contribution >= 0.6 is 0 Å². The molecule has 0 saturated heterocycles. The summed E-state index contributed by atoms with van der Waals surface area (Å²) < 4.78 is 18.9. The summed E-state index contributed by atoms with van der Waals surface area (Å²) in [5.74, 6) is -0.231. The van der Waals surface area contributed by atoms with Gasteiger partial charge in [0.25, 0.3) is 5.91 Å². The number of hydrogen-bond acceptors (Lipinski definition) is 3. The maximum atomic E-state index is 13.5.